The van der Waals surface area contributed by atoms with Gasteiger partial charge in [-0.2, -0.15) is 0 Å². The lowest BCUT2D eigenvalue weighted by Crippen LogP contribution is -1.92. The first kappa shape index (κ1) is 26.9. The van der Waals surface area contributed by atoms with E-state index >= 15 is 0 Å². The van der Waals surface area contributed by atoms with E-state index in [2.05, 4.69) is 182 Å². The second-order valence-corrected chi connectivity index (χ2v) is 12.8. The molecule has 0 bridgehead atoms. The van der Waals surface area contributed by atoms with Crippen molar-refractivity contribution in [2.45, 2.75) is 0 Å². The second kappa shape index (κ2) is 10.7. The van der Waals surface area contributed by atoms with Crippen molar-refractivity contribution in [2.24, 2.45) is 0 Å². The van der Waals surface area contributed by atoms with Gasteiger partial charge in [0.15, 0.2) is 0 Å². The molecular weight excluding hydrogens is 577 g/mol. The maximum absolute atomic E-state index is 2.38. The van der Waals surface area contributed by atoms with Gasteiger partial charge < -0.3 is 0 Å². The maximum atomic E-state index is 2.38. The van der Waals surface area contributed by atoms with E-state index in [0.29, 0.717) is 0 Å². The van der Waals surface area contributed by atoms with Gasteiger partial charge in [0, 0.05) is 0 Å². The molecule has 0 aliphatic rings. The summed E-state index contributed by atoms with van der Waals surface area (Å²) in [4.78, 5) is 0. The maximum Gasteiger partial charge on any atom is -0.00201 e. The van der Waals surface area contributed by atoms with Crippen LogP contribution in [0.4, 0.5) is 0 Å². The van der Waals surface area contributed by atoms with E-state index in [9.17, 15) is 0 Å². The zero-order valence-corrected chi connectivity index (χ0v) is 26.3. The highest BCUT2D eigenvalue weighted by atomic mass is 14.2. The number of rotatable bonds is 4. The molecule has 0 saturated carbocycles. The Hall–Kier alpha value is -6.24. The van der Waals surface area contributed by atoms with Crippen molar-refractivity contribution >= 4 is 53.9 Å². The summed E-state index contributed by atoms with van der Waals surface area (Å²) in [6, 6.07) is 67.0. The predicted molar refractivity (Wildman–Crippen MR) is 207 cm³/mol. The van der Waals surface area contributed by atoms with Crippen molar-refractivity contribution in [1.82, 2.24) is 0 Å². The summed E-state index contributed by atoms with van der Waals surface area (Å²) in [5.41, 5.74) is 10.0. The van der Waals surface area contributed by atoms with Gasteiger partial charge in [0.2, 0.25) is 0 Å². The normalized spacial score (nSPS) is 11.8. The van der Waals surface area contributed by atoms with Gasteiger partial charge in [-0.15, -0.1) is 0 Å². The second-order valence-electron chi connectivity index (χ2n) is 12.8. The average Bonchev–Trinajstić information content (AvgIpc) is 3.17. The molecule has 0 atom stereocenters. The van der Waals surface area contributed by atoms with E-state index in [1.165, 1.54) is 98.4 Å². The van der Waals surface area contributed by atoms with E-state index in [0.717, 1.165) is 0 Å². The van der Waals surface area contributed by atoms with Gasteiger partial charge in [-0.25, -0.2) is 0 Å². The fraction of sp³-hybridized carbons (Fsp3) is 0. The Balaban J connectivity index is 1.24. The molecule has 0 N–H and O–H groups in total. The quantitative estimate of drug-likeness (QED) is 0.138. The molecule has 0 aliphatic heterocycles. The predicted octanol–water partition coefficient (Wildman–Crippen LogP) is 13.6. The molecule has 0 aliphatic carbocycles. The van der Waals surface area contributed by atoms with E-state index < -0.39 is 0 Å². The Morgan fingerprint density at radius 1 is 0.208 bits per heavy atom. The van der Waals surface area contributed by atoms with Crippen LogP contribution in [-0.4, -0.2) is 0 Å². The molecule has 0 heterocycles. The zero-order chi connectivity index (χ0) is 31.6. The summed E-state index contributed by atoms with van der Waals surface area (Å²) < 4.78 is 0. The first-order chi connectivity index (χ1) is 23.8. The third-order valence-electron chi connectivity index (χ3n) is 10.2. The summed E-state index contributed by atoms with van der Waals surface area (Å²) in [6.07, 6.45) is 0. The molecule has 222 valence electrons. The minimum absolute atomic E-state index is 1.23. The van der Waals surface area contributed by atoms with Crippen LogP contribution in [0.3, 0.4) is 0 Å². The highest BCUT2D eigenvalue weighted by Gasteiger charge is 2.19. The highest BCUT2D eigenvalue weighted by Crippen LogP contribution is 2.47. The van der Waals surface area contributed by atoms with Crippen LogP contribution >= 0.6 is 0 Å². The average molecular weight is 607 g/mol. The van der Waals surface area contributed by atoms with Gasteiger partial charge in [0.25, 0.3) is 0 Å². The van der Waals surface area contributed by atoms with Crippen molar-refractivity contribution in [1.29, 1.82) is 0 Å². The lowest BCUT2D eigenvalue weighted by Gasteiger charge is -2.19. The van der Waals surface area contributed by atoms with Crippen LogP contribution in [0.15, 0.2) is 182 Å². The van der Waals surface area contributed by atoms with Crippen LogP contribution in [0.5, 0.6) is 0 Å². The standard InChI is InChI=1S/C48H30/c1-3-12-31(13-4-1)33-18-9-19-36(28-33)37-24-26-43-42-23-11-21-40-38(25-27-44(48(40)42)41-22-10-20-39(37)47(41)43)46-30-35-17-8-7-16-34(35)29-45(46)32-14-5-2-6-15-32/h1-30H. The topological polar surface area (TPSA) is 0 Å². The van der Waals surface area contributed by atoms with Gasteiger partial charge in [0.05, 0.1) is 0 Å². The molecule has 0 spiro atoms. The molecule has 0 aromatic heterocycles. The molecule has 0 radical (unpaired) electrons. The smallest absolute Gasteiger partial charge is 0.00201 e. The SMILES string of the molecule is c1ccc(-c2cccc(-c3ccc4c5cccc6c(-c7cc8ccccc8cc7-c7ccccc7)ccc(c7cccc3c47)c65)c2)cc1. The Labute approximate surface area is 279 Å². The third-order valence-corrected chi connectivity index (χ3v) is 10.2. The number of benzene rings is 10. The van der Waals surface area contributed by atoms with E-state index in [1.54, 1.807) is 0 Å². The van der Waals surface area contributed by atoms with Crippen LogP contribution < -0.4 is 0 Å². The number of fused-ring (bicyclic) bond motifs is 3. The van der Waals surface area contributed by atoms with Gasteiger partial charge >= 0.3 is 0 Å². The Morgan fingerprint density at radius 2 is 0.667 bits per heavy atom. The molecule has 10 aromatic carbocycles. The van der Waals surface area contributed by atoms with Crippen LogP contribution in [0.2, 0.25) is 0 Å². The van der Waals surface area contributed by atoms with E-state index in [4.69, 9.17) is 0 Å². The first-order valence-electron chi connectivity index (χ1n) is 16.7. The van der Waals surface area contributed by atoms with Gasteiger partial charge in [0.1, 0.15) is 0 Å². The lowest BCUT2D eigenvalue weighted by atomic mass is 9.84. The molecule has 0 amide bonds. The highest BCUT2D eigenvalue weighted by molar-refractivity contribution is 6.35. The molecule has 0 unspecified atom stereocenters. The van der Waals surface area contributed by atoms with Gasteiger partial charge in [-0.3, -0.25) is 0 Å². The Kier molecular flexibility index (Phi) is 5.98. The fourth-order valence-corrected chi connectivity index (χ4v) is 8.01. The Morgan fingerprint density at radius 3 is 1.33 bits per heavy atom. The molecule has 48 heavy (non-hydrogen) atoms. The largest absolute Gasteiger partial charge is 0.0622 e. The lowest BCUT2D eigenvalue weighted by molar-refractivity contribution is 1.61. The van der Waals surface area contributed by atoms with Crippen LogP contribution in [0, 0.1) is 0 Å². The fourth-order valence-electron chi connectivity index (χ4n) is 8.01. The molecule has 10 aromatic rings. The molecule has 10 rings (SSSR count). The summed E-state index contributed by atoms with van der Waals surface area (Å²) in [5, 5.41) is 13.0. The summed E-state index contributed by atoms with van der Waals surface area (Å²) >= 11 is 0. The van der Waals surface area contributed by atoms with Crippen molar-refractivity contribution in [3.05, 3.63) is 182 Å². The van der Waals surface area contributed by atoms with Crippen molar-refractivity contribution in [2.75, 3.05) is 0 Å². The minimum Gasteiger partial charge on any atom is -0.0622 e. The Bertz CT molecular complexity index is 2790. The van der Waals surface area contributed by atoms with Gasteiger partial charge in [-0.05, 0) is 117 Å². The summed E-state index contributed by atoms with van der Waals surface area (Å²) in [6.45, 7) is 0. The number of hydrogen-bond acceptors (Lipinski definition) is 0. The molecule has 0 fully saturated rings. The van der Waals surface area contributed by atoms with Crippen molar-refractivity contribution in [3.8, 4) is 44.5 Å². The van der Waals surface area contributed by atoms with Crippen molar-refractivity contribution in [3.63, 3.8) is 0 Å². The van der Waals surface area contributed by atoms with Crippen molar-refractivity contribution < 1.29 is 0 Å². The molecule has 0 nitrogen and oxygen atoms in total. The zero-order valence-electron chi connectivity index (χ0n) is 26.3. The monoisotopic (exact) mass is 606 g/mol. The minimum atomic E-state index is 1.23. The molecule has 0 heteroatoms. The van der Waals surface area contributed by atoms with E-state index in [1.807, 2.05) is 0 Å². The van der Waals surface area contributed by atoms with E-state index in [-0.39, 0.29) is 0 Å². The van der Waals surface area contributed by atoms with Crippen LogP contribution in [0.25, 0.3) is 98.4 Å². The third kappa shape index (κ3) is 4.10. The van der Waals surface area contributed by atoms with Gasteiger partial charge in [-0.1, -0.05) is 164 Å². The first-order valence-corrected chi connectivity index (χ1v) is 16.7. The van der Waals surface area contributed by atoms with Crippen LogP contribution in [-0.2, 0) is 0 Å². The van der Waals surface area contributed by atoms with Crippen LogP contribution in [0.1, 0.15) is 0 Å². The number of hydrogen-bond donors (Lipinski definition) is 0. The molecular formula is C48H30. The summed E-state index contributed by atoms with van der Waals surface area (Å²) in [7, 11) is 0. The summed E-state index contributed by atoms with van der Waals surface area (Å²) in [5.74, 6) is 0. The molecule has 0 saturated heterocycles.